The van der Waals surface area contributed by atoms with Crippen LogP contribution in [0.3, 0.4) is 0 Å². The molecule has 1 fully saturated rings. The molecule has 0 bridgehead atoms. The summed E-state index contributed by atoms with van der Waals surface area (Å²) in [6.45, 7) is 2.65. The van der Waals surface area contributed by atoms with E-state index < -0.39 is 5.56 Å². The summed E-state index contributed by atoms with van der Waals surface area (Å²) in [5.41, 5.74) is 8.23. The van der Waals surface area contributed by atoms with Crippen molar-refractivity contribution < 1.29 is 9.53 Å². The molecule has 0 aliphatic carbocycles. The minimum Gasteiger partial charge on any atom is -0.497 e. The Morgan fingerprint density at radius 2 is 2.15 bits per heavy atom. The molecule has 1 saturated heterocycles. The van der Waals surface area contributed by atoms with Crippen molar-refractivity contribution in [3.63, 3.8) is 0 Å². The van der Waals surface area contributed by atoms with Crippen LogP contribution in [0.25, 0.3) is 5.65 Å². The fourth-order valence-electron chi connectivity index (χ4n) is 3.62. The molecule has 0 unspecified atom stereocenters. The molecule has 1 aliphatic rings. The number of carbonyl (C=O) groups is 1. The number of hydrogen-bond donors (Lipinski definition) is 2. The highest BCUT2D eigenvalue weighted by atomic mass is 16.5. The zero-order valence-corrected chi connectivity index (χ0v) is 15.2. The van der Waals surface area contributed by atoms with E-state index in [1.807, 2.05) is 31.2 Å². The molecule has 1 aromatic carbocycles. The van der Waals surface area contributed by atoms with Gasteiger partial charge in [-0.05, 0) is 24.6 Å². The van der Waals surface area contributed by atoms with E-state index >= 15 is 0 Å². The Hall–Kier alpha value is -3.13. The first-order valence-electron chi connectivity index (χ1n) is 8.74. The topological polar surface area (TPSA) is 106 Å². The van der Waals surface area contributed by atoms with E-state index in [4.69, 9.17) is 10.5 Å². The molecule has 8 nitrogen and oxygen atoms in total. The number of nitrogens with two attached hydrogens (primary N) is 1. The smallest absolute Gasteiger partial charge is 0.285 e. The molecule has 27 heavy (non-hydrogen) atoms. The van der Waals surface area contributed by atoms with Crippen molar-refractivity contribution in [3.05, 3.63) is 63.7 Å². The first kappa shape index (κ1) is 17.3. The number of amides is 1. The number of methoxy groups -OCH3 is 1. The summed E-state index contributed by atoms with van der Waals surface area (Å²) in [5.74, 6) is 0.380. The number of nitrogens with zero attached hydrogens (tertiary/aromatic N) is 3. The fourth-order valence-corrected chi connectivity index (χ4v) is 3.62. The Morgan fingerprint density at radius 3 is 2.93 bits per heavy atom. The average Bonchev–Trinajstić information content (AvgIpc) is 3.24. The Kier molecular flexibility index (Phi) is 4.19. The highest BCUT2D eigenvalue weighted by Gasteiger charge is 2.35. The summed E-state index contributed by atoms with van der Waals surface area (Å²) < 4.78 is 6.56. The van der Waals surface area contributed by atoms with E-state index in [2.05, 4.69) is 10.1 Å². The Balaban J connectivity index is 1.62. The molecule has 2 atom stereocenters. The zero-order valence-electron chi connectivity index (χ0n) is 15.2. The van der Waals surface area contributed by atoms with Gasteiger partial charge in [0.15, 0.2) is 5.65 Å². The van der Waals surface area contributed by atoms with Gasteiger partial charge in [0.05, 0.1) is 7.11 Å². The minimum absolute atomic E-state index is 0.0174. The van der Waals surface area contributed by atoms with Crippen molar-refractivity contribution in [2.75, 3.05) is 20.2 Å². The van der Waals surface area contributed by atoms with Crippen LogP contribution < -0.4 is 16.0 Å². The van der Waals surface area contributed by atoms with Crippen LogP contribution in [0, 0.1) is 6.92 Å². The first-order valence-corrected chi connectivity index (χ1v) is 8.74. The van der Waals surface area contributed by atoms with Crippen LogP contribution in [-0.2, 0) is 0 Å². The van der Waals surface area contributed by atoms with Gasteiger partial charge in [-0.3, -0.25) is 14.7 Å². The predicted molar refractivity (Wildman–Crippen MR) is 100 cm³/mol. The van der Waals surface area contributed by atoms with Crippen LogP contribution >= 0.6 is 0 Å². The summed E-state index contributed by atoms with van der Waals surface area (Å²) in [4.78, 5) is 31.4. The lowest BCUT2D eigenvalue weighted by Gasteiger charge is -2.16. The second kappa shape index (κ2) is 6.55. The summed E-state index contributed by atoms with van der Waals surface area (Å²) in [6, 6.07) is 9.22. The van der Waals surface area contributed by atoms with Crippen molar-refractivity contribution in [2.24, 2.45) is 5.73 Å². The summed E-state index contributed by atoms with van der Waals surface area (Å²) in [6.07, 6.45) is 1.34. The van der Waals surface area contributed by atoms with E-state index in [0.717, 1.165) is 17.0 Å². The quantitative estimate of drug-likeness (QED) is 0.716. The molecule has 0 radical (unpaired) electrons. The maximum absolute atomic E-state index is 12.9. The molecule has 8 heteroatoms. The van der Waals surface area contributed by atoms with Gasteiger partial charge in [-0.15, -0.1) is 0 Å². The number of H-pyrrole nitrogens is 1. The predicted octanol–water partition coefficient (Wildman–Crippen LogP) is 0.907. The van der Waals surface area contributed by atoms with Crippen LogP contribution in [0.2, 0.25) is 0 Å². The molecule has 4 rings (SSSR count). The second-order valence-corrected chi connectivity index (χ2v) is 6.87. The van der Waals surface area contributed by atoms with Gasteiger partial charge in [0.1, 0.15) is 11.3 Å². The van der Waals surface area contributed by atoms with Gasteiger partial charge in [-0.1, -0.05) is 12.1 Å². The van der Waals surface area contributed by atoms with E-state index in [1.54, 1.807) is 18.1 Å². The third-order valence-electron chi connectivity index (χ3n) is 5.03. The maximum Gasteiger partial charge on any atom is 0.285 e. The molecule has 3 aromatic rings. The molecule has 0 spiro atoms. The molecule has 3 heterocycles. The number of fused-ring (bicyclic) bond motifs is 1. The molecule has 1 amide bonds. The van der Waals surface area contributed by atoms with E-state index in [1.165, 1.54) is 10.7 Å². The molecule has 140 valence electrons. The number of aromatic amines is 1. The number of aryl methyl sites for hydroxylation is 1. The highest BCUT2D eigenvalue weighted by Crippen LogP contribution is 2.29. The van der Waals surface area contributed by atoms with Crippen molar-refractivity contribution >= 4 is 11.6 Å². The van der Waals surface area contributed by atoms with Crippen LogP contribution in [0.5, 0.6) is 5.75 Å². The lowest BCUT2D eigenvalue weighted by molar-refractivity contribution is 0.0786. The van der Waals surface area contributed by atoms with E-state index in [9.17, 15) is 9.59 Å². The fraction of sp³-hybridized carbons (Fsp3) is 0.316. The van der Waals surface area contributed by atoms with Crippen molar-refractivity contribution in [1.82, 2.24) is 19.5 Å². The number of hydrogen-bond acceptors (Lipinski definition) is 5. The molecular formula is C19H21N5O3. The van der Waals surface area contributed by atoms with Crippen LogP contribution in [0.4, 0.5) is 0 Å². The molecule has 0 saturated carbocycles. The summed E-state index contributed by atoms with van der Waals surface area (Å²) in [7, 11) is 1.61. The number of carbonyl (C=O) groups excluding carboxylic acids is 1. The number of likely N-dealkylation sites (tertiary alicyclic amines) is 1. The molecule has 1 aliphatic heterocycles. The number of rotatable bonds is 3. The van der Waals surface area contributed by atoms with Gasteiger partial charge in [0.25, 0.3) is 11.5 Å². The number of benzene rings is 1. The van der Waals surface area contributed by atoms with Crippen LogP contribution in [0.1, 0.15) is 27.5 Å². The lowest BCUT2D eigenvalue weighted by Crippen LogP contribution is -2.36. The number of nitrogens with one attached hydrogen (secondary N) is 1. The van der Waals surface area contributed by atoms with Gasteiger partial charge in [-0.25, -0.2) is 9.50 Å². The van der Waals surface area contributed by atoms with Crippen LogP contribution in [0.15, 0.2) is 41.3 Å². The Labute approximate surface area is 155 Å². The number of aromatic nitrogens is 3. The van der Waals surface area contributed by atoms with Gasteiger partial charge >= 0.3 is 0 Å². The van der Waals surface area contributed by atoms with Gasteiger partial charge in [-0.2, -0.15) is 0 Å². The standard InChI is InChI=1S/C19H21N5O3/c1-11-6-17-21-8-14(19(26)24(17)22-11)18(25)23-9-15(16(20)10-23)12-4-3-5-13(7-12)27-2/h3-8,15-16,22H,9-10,20H2,1-2H3/t15-,16+/m1/s1. The molecule has 2 aromatic heterocycles. The third-order valence-corrected chi connectivity index (χ3v) is 5.03. The second-order valence-electron chi connectivity index (χ2n) is 6.87. The Bertz CT molecular complexity index is 1070. The first-order chi connectivity index (χ1) is 13.0. The average molecular weight is 367 g/mol. The van der Waals surface area contributed by atoms with Gasteiger partial charge in [0, 0.05) is 43.0 Å². The molecule has 3 N–H and O–H groups in total. The SMILES string of the molecule is COc1cccc([C@H]2CN(C(=O)c3cnc4cc(C)[nH]n4c3=O)C[C@@H]2N)c1. The minimum atomic E-state index is -0.406. The van der Waals surface area contributed by atoms with Gasteiger partial charge in [0.2, 0.25) is 0 Å². The normalized spacial score (nSPS) is 19.6. The number of ether oxygens (including phenoxy) is 1. The van der Waals surface area contributed by atoms with E-state index in [0.29, 0.717) is 18.7 Å². The van der Waals surface area contributed by atoms with Crippen molar-refractivity contribution in [3.8, 4) is 5.75 Å². The van der Waals surface area contributed by atoms with Crippen LogP contribution in [-0.4, -0.2) is 51.6 Å². The van der Waals surface area contributed by atoms with Crippen molar-refractivity contribution in [2.45, 2.75) is 18.9 Å². The molecular weight excluding hydrogens is 346 g/mol. The largest absolute Gasteiger partial charge is 0.497 e. The summed E-state index contributed by atoms with van der Waals surface area (Å²) >= 11 is 0. The monoisotopic (exact) mass is 367 g/mol. The highest BCUT2D eigenvalue weighted by molar-refractivity contribution is 5.94. The third kappa shape index (κ3) is 2.97. The van der Waals surface area contributed by atoms with Crippen molar-refractivity contribution in [1.29, 1.82) is 0 Å². The maximum atomic E-state index is 12.9. The van der Waals surface area contributed by atoms with Gasteiger partial charge < -0.3 is 15.4 Å². The zero-order chi connectivity index (χ0) is 19.1. The summed E-state index contributed by atoms with van der Waals surface area (Å²) in [5, 5.41) is 2.90. The van der Waals surface area contributed by atoms with E-state index in [-0.39, 0.29) is 23.4 Å². The Morgan fingerprint density at radius 1 is 1.33 bits per heavy atom. The lowest BCUT2D eigenvalue weighted by atomic mass is 9.95.